The molecular weight excluding hydrogens is 298 g/mol. The second-order valence-electron chi connectivity index (χ2n) is 6.93. The number of β-amino-alcohol motifs (C(OH)–C–C–N with tert-alkyl or cyclic N) is 1. The van der Waals surface area contributed by atoms with E-state index in [1.165, 1.54) is 0 Å². The molecule has 122 valence electrons. The normalized spacial score (nSPS) is 31.6. The molecule has 0 amide bonds. The van der Waals surface area contributed by atoms with Gasteiger partial charge in [0, 0.05) is 13.1 Å². The van der Waals surface area contributed by atoms with Crippen LogP contribution < -0.4 is 0 Å². The van der Waals surface area contributed by atoms with Crippen molar-refractivity contribution >= 4 is 9.84 Å². The van der Waals surface area contributed by atoms with Crippen LogP contribution in [0, 0.1) is 12.8 Å². The van der Waals surface area contributed by atoms with Gasteiger partial charge in [-0.25, -0.2) is 8.42 Å². The van der Waals surface area contributed by atoms with Crippen LogP contribution >= 0.6 is 0 Å². The van der Waals surface area contributed by atoms with Crippen molar-refractivity contribution in [3.63, 3.8) is 0 Å². The summed E-state index contributed by atoms with van der Waals surface area (Å²) in [5, 5.41) is 11.0. The third-order valence-electron chi connectivity index (χ3n) is 5.15. The molecule has 1 N–H and O–H groups in total. The Morgan fingerprint density at radius 1 is 1.36 bits per heavy atom. The molecule has 2 fully saturated rings. The summed E-state index contributed by atoms with van der Waals surface area (Å²) in [6.07, 6.45) is 2.47. The van der Waals surface area contributed by atoms with E-state index < -0.39 is 15.4 Å². The Labute approximate surface area is 133 Å². The predicted molar refractivity (Wildman–Crippen MR) is 87.5 cm³/mol. The van der Waals surface area contributed by atoms with Gasteiger partial charge in [-0.2, -0.15) is 0 Å². The fourth-order valence-electron chi connectivity index (χ4n) is 3.84. The molecule has 1 aromatic carbocycles. The molecule has 2 aliphatic heterocycles. The minimum atomic E-state index is -2.78. The van der Waals surface area contributed by atoms with Gasteiger partial charge in [0.25, 0.3) is 0 Å². The van der Waals surface area contributed by atoms with Crippen LogP contribution in [0.25, 0.3) is 0 Å². The van der Waals surface area contributed by atoms with Crippen LogP contribution in [-0.2, 0) is 15.4 Å². The van der Waals surface area contributed by atoms with Gasteiger partial charge in [0.2, 0.25) is 0 Å². The minimum absolute atomic E-state index is 0.303. The Morgan fingerprint density at radius 2 is 2.14 bits per heavy atom. The molecule has 0 aliphatic carbocycles. The maximum atomic E-state index is 11.5. The number of aliphatic hydroxyl groups is 1. The highest BCUT2D eigenvalue weighted by molar-refractivity contribution is 7.91. The van der Waals surface area contributed by atoms with Crippen LogP contribution in [0.1, 0.15) is 30.4 Å². The molecule has 1 aromatic rings. The number of hydrogen-bond donors (Lipinski definition) is 1. The first kappa shape index (κ1) is 16.0. The summed E-state index contributed by atoms with van der Waals surface area (Å²) in [5.41, 5.74) is 1.40. The monoisotopic (exact) mass is 323 g/mol. The number of hydrogen-bond acceptors (Lipinski definition) is 4. The Hall–Kier alpha value is -0.910. The lowest BCUT2D eigenvalue weighted by Gasteiger charge is -2.26. The van der Waals surface area contributed by atoms with E-state index in [0.717, 1.165) is 43.5 Å². The van der Waals surface area contributed by atoms with Crippen molar-refractivity contribution in [2.45, 2.75) is 31.8 Å². The zero-order valence-electron chi connectivity index (χ0n) is 13.2. The maximum absolute atomic E-state index is 11.5. The SMILES string of the molecule is Cc1ccccc1[C@@]1(O)CCN(CC[C@@H]2CCS(=O)(=O)C2)C1. The number of nitrogens with zero attached hydrogens (tertiary/aromatic N) is 1. The first-order valence-electron chi connectivity index (χ1n) is 8.09. The molecule has 0 unspecified atom stereocenters. The first-order chi connectivity index (χ1) is 10.4. The molecule has 5 heteroatoms. The molecule has 0 bridgehead atoms. The third kappa shape index (κ3) is 3.36. The second kappa shape index (κ2) is 5.95. The molecule has 2 atom stereocenters. The fraction of sp³-hybridized carbons (Fsp3) is 0.647. The van der Waals surface area contributed by atoms with Crippen molar-refractivity contribution in [2.75, 3.05) is 31.1 Å². The highest BCUT2D eigenvalue weighted by Gasteiger charge is 2.38. The van der Waals surface area contributed by atoms with Gasteiger partial charge in [-0.05, 0) is 49.8 Å². The Balaban J connectivity index is 1.57. The topological polar surface area (TPSA) is 57.6 Å². The lowest BCUT2D eigenvalue weighted by Crippen LogP contribution is -2.32. The van der Waals surface area contributed by atoms with Gasteiger partial charge in [0.15, 0.2) is 9.84 Å². The van der Waals surface area contributed by atoms with Crippen molar-refractivity contribution in [3.05, 3.63) is 35.4 Å². The molecular formula is C17H25NO3S. The molecule has 0 saturated carbocycles. The van der Waals surface area contributed by atoms with Crippen molar-refractivity contribution in [2.24, 2.45) is 5.92 Å². The van der Waals surface area contributed by atoms with E-state index in [4.69, 9.17) is 0 Å². The zero-order chi connectivity index (χ0) is 15.8. The summed E-state index contributed by atoms with van der Waals surface area (Å²) in [6.45, 7) is 4.45. The van der Waals surface area contributed by atoms with Crippen LogP contribution in [-0.4, -0.2) is 49.6 Å². The third-order valence-corrected chi connectivity index (χ3v) is 6.99. The van der Waals surface area contributed by atoms with Crippen LogP contribution in [0.4, 0.5) is 0 Å². The van der Waals surface area contributed by atoms with E-state index in [1.807, 2.05) is 31.2 Å². The highest BCUT2D eigenvalue weighted by Crippen LogP contribution is 2.34. The molecule has 0 spiro atoms. The average Bonchev–Trinajstić information content (AvgIpc) is 3.01. The van der Waals surface area contributed by atoms with Gasteiger partial charge in [-0.1, -0.05) is 24.3 Å². The Bertz CT molecular complexity index is 643. The number of aryl methyl sites for hydroxylation is 1. The largest absolute Gasteiger partial charge is 0.384 e. The summed E-state index contributed by atoms with van der Waals surface area (Å²) in [7, 11) is -2.78. The standard InChI is InChI=1S/C17H25NO3S/c1-14-4-2-3-5-16(14)17(19)8-10-18(13-17)9-6-15-7-11-22(20,21)12-15/h2-5,15,19H,6-13H2,1H3/t15-,17-/m1/s1. The van der Waals surface area contributed by atoms with E-state index in [9.17, 15) is 13.5 Å². The van der Waals surface area contributed by atoms with Gasteiger partial charge in [-0.3, -0.25) is 4.90 Å². The summed E-state index contributed by atoms with van der Waals surface area (Å²) in [6, 6.07) is 8.03. The van der Waals surface area contributed by atoms with Crippen LogP contribution in [0.2, 0.25) is 0 Å². The van der Waals surface area contributed by atoms with Crippen LogP contribution in [0.3, 0.4) is 0 Å². The summed E-state index contributed by atoms with van der Waals surface area (Å²) >= 11 is 0. The maximum Gasteiger partial charge on any atom is 0.150 e. The Kier molecular flexibility index (Phi) is 4.32. The fourth-order valence-corrected chi connectivity index (χ4v) is 5.75. The van der Waals surface area contributed by atoms with E-state index in [0.29, 0.717) is 24.0 Å². The van der Waals surface area contributed by atoms with Gasteiger partial charge in [0.05, 0.1) is 11.5 Å². The van der Waals surface area contributed by atoms with Gasteiger partial charge < -0.3 is 5.11 Å². The zero-order valence-corrected chi connectivity index (χ0v) is 14.0. The van der Waals surface area contributed by atoms with Crippen molar-refractivity contribution < 1.29 is 13.5 Å². The van der Waals surface area contributed by atoms with E-state index in [-0.39, 0.29) is 0 Å². The van der Waals surface area contributed by atoms with Gasteiger partial charge in [0.1, 0.15) is 5.60 Å². The number of likely N-dealkylation sites (tertiary alicyclic amines) is 1. The van der Waals surface area contributed by atoms with Crippen LogP contribution in [0.5, 0.6) is 0 Å². The molecule has 2 aliphatic rings. The lowest BCUT2D eigenvalue weighted by atomic mass is 9.89. The smallest absolute Gasteiger partial charge is 0.150 e. The average molecular weight is 323 g/mol. The van der Waals surface area contributed by atoms with E-state index >= 15 is 0 Å². The van der Waals surface area contributed by atoms with Crippen molar-refractivity contribution in [1.29, 1.82) is 0 Å². The van der Waals surface area contributed by atoms with Gasteiger partial charge in [-0.15, -0.1) is 0 Å². The quantitative estimate of drug-likeness (QED) is 0.916. The summed E-state index contributed by atoms with van der Waals surface area (Å²) in [5.74, 6) is 1.01. The molecule has 2 saturated heterocycles. The first-order valence-corrected chi connectivity index (χ1v) is 9.91. The van der Waals surface area contributed by atoms with Crippen molar-refractivity contribution in [1.82, 2.24) is 4.90 Å². The second-order valence-corrected chi connectivity index (χ2v) is 9.16. The van der Waals surface area contributed by atoms with E-state index in [2.05, 4.69) is 4.90 Å². The molecule has 0 radical (unpaired) electrons. The molecule has 0 aromatic heterocycles. The number of sulfone groups is 1. The number of benzene rings is 1. The van der Waals surface area contributed by atoms with E-state index in [1.54, 1.807) is 0 Å². The van der Waals surface area contributed by atoms with Crippen LogP contribution in [0.15, 0.2) is 24.3 Å². The van der Waals surface area contributed by atoms with Gasteiger partial charge >= 0.3 is 0 Å². The molecule has 4 nitrogen and oxygen atoms in total. The highest BCUT2D eigenvalue weighted by atomic mass is 32.2. The number of rotatable bonds is 4. The minimum Gasteiger partial charge on any atom is -0.384 e. The summed E-state index contributed by atoms with van der Waals surface area (Å²) < 4.78 is 23.0. The molecule has 22 heavy (non-hydrogen) atoms. The predicted octanol–water partition coefficient (Wildman–Crippen LogP) is 1.71. The lowest BCUT2D eigenvalue weighted by molar-refractivity contribution is 0.0450. The molecule has 2 heterocycles. The van der Waals surface area contributed by atoms with Crippen molar-refractivity contribution in [3.8, 4) is 0 Å². The molecule has 3 rings (SSSR count). The Morgan fingerprint density at radius 3 is 2.82 bits per heavy atom. The summed E-state index contributed by atoms with van der Waals surface area (Å²) in [4.78, 5) is 2.28.